The number of carbonyl (C=O) groups is 1. The van der Waals surface area contributed by atoms with Crippen molar-refractivity contribution in [3.05, 3.63) is 35.9 Å². The molecule has 84 valence electrons. The molecule has 0 atom stereocenters. The molecule has 0 saturated carbocycles. The van der Waals surface area contributed by atoms with Crippen LogP contribution in [0.15, 0.2) is 35.3 Å². The molecule has 4 nitrogen and oxygen atoms in total. The van der Waals surface area contributed by atoms with Gasteiger partial charge in [-0.15, -0.1) is 0 Å². The fourth-order valence-electron chi connectivity index (χ4n) is 1.26. The zero-order valence-corrected chi connectivity index (χ0v) is 9.50. The molecule has 1 aliphatic rings. The fourth-order valence-corrected chi connectivity index (χ4v) is 1.97. The minimum Gasteiger partial charge on any atom is -0.444 e. The predicted octanol–water partition coefficient (Wildman–Crippen LogP) is 2.02. The van der Waals surface area contributed by atoms with Crippen LogP contribution in [0.5, 0.6) is 0 Å². The normalized spacial score (nSPS) is 14.4. The highest BCUT2D eigenvalue weighted by Crippen LogP contribution is 2.09. The number of benzene rings is 1. The third-order valence-corrected chi connectivity index (χ3v) is 2.90. The van der Waals surface area contributed by atoms with Crippen molar-refractivity contribution in [2.75, 3.05) is 12.3 Å². The predicted molar refractivity (Wildman–Crippen MR) is 64.5 cm³/mol. The maximum atomic E-state index is 11.3. The number of nitrogens with zero attached hydrogens (tertiary/aromatic N) is 1. The molecule has 0 saturated heterocycles. The first-order valence-electron chi connectivity index (χ1n) is 4.99. The minimum atomic E-state index is -0.447. The van der Waals surface area contributed by atoms with Crippen LogP contribution in [0.2, 0.25) is 0 Å². The second-order valence-corrected chi connectivity index (χ2v) is 4.31. The zero-order chi connectivity index (χ0) is 11.2. The number of aliphatic imine (C=N–C) groups is 1. The molecule has 1 heterocycles. The van der Waals surface area contributed by atoms with Gasteiger partial charge >= 0.3 is 6.09 Å². The average molecular weight is 236 g/mol. The lowest BCUT2D eigenvalue weighted by molar-refractivity contribution is 0.145. The maximum absolute atomic E-state index is 11.3. The Morgan fingerprint density at radius 3 is 2.94 bits per heavy atom. The lowest BCUT2D eigenvalue weighted by Crippen LogP contribution is -2.27. The highest BCUT2D eigenvalue weighted by Gasteiger charge is 2.11. The Morgan fingerprint density at radius 1 is 1.44 bits per heavy atom. The molecule has 0 aromatic heterocycles. The quantitative estimate of drug-likeness (QED) is 0.854. The van der Waals surface area contributed by atoms with Gasteiger partial charge in [-0.2, -0.15) is 0 Å². The van der Waals surface area contributed by atoms with E-state index in [-0.39, 0.29) is 6.61 Å². The molecule has 16 heavy (non-hydrogen) atoms. The summed E-state index contributed by atoms with van der Waals surface area (Å²) in [7, 11) is 0. The minimum absolute atomic E-state index is 0.282. The molecule has 2 rings (SSSR count). The largest absolute Gasteiger partial charge is 0.444 e. The van der Waals surface area contributed by atoms with Gasteiger partial charge in [-0.05, 0) is 5.56 Å². The monoisotopic (exact) mass is 236 g/mol. The van der Waals surface area contributed by atoms with Gasteiger partial charge in [0.25, 0.3) is 0 Å². The van der Waals surface area contributed by atoms with Gasteiger partial charge in [0.1, 0.15) is 6.61 Å². The van der Waals surface area contributed by atoms with E-state index >= 15 is 0 Å². The summed E-state index contributed by atoms with van der Waals surface area (Å²) in [4.78, 5) is 15.4. The number of alkyl carbamates (subject to hydrolysis) is 1. The number of hydrogen-bond donors (Lipinski definition) is 1. The van der Waals surface area contributed by atoms with E-state index in [0.717, 1.165) is 17.9 Å². The number of hydrogen-bond acceptors (Lipinski definition) is 4. The summed E-state index contributed by atoms with van der Waals surface area (Å²) in [5.41, 5.74) is 0.971. The SMILES string of the molecule is O=C(NC1=NCCS1)OCc1ccccc1. The number of nitrogens with one attached hydrogen (secondary N) is 1. The van der Waals surface area contributed by atoms with Crippen molar-refractivity contribution in [2.24, 2.45) is 4.99 Å². The van der Waals surface area contributed by atoms with Crippen molar-refractivity contribution in [2.45, 2.75) is 6.61 Å². The summed E-state index contributed by atoms with van der Waals surface area (Å²) in [5, 5.41) is 3.25. The van der Waals surface area contributed by atoms with E-state index in [0.29, 0.717) is 5.17 Å². The molecule has 1 amide bonds. The van der Waals surface area contributed by atoms with Crippen molar-refractivity contribution < 1.29 is 9.53 Å². The molecule has 0 fully saturated rings. The first-order valence-corrected chi connectivity index (χ1v) is 5.98. The van der Waals surface area contributed by atoms with Gasteiger partial charge in [-0.1, -0.05) is 42.1 Å². The molecule has 0 unspecified atom stereocenters. The van der Waals surface area contributed by atoms with Crippen molar-refractivity contribution in [1.29, 1.82) is 0 Å². The van der Waals surface area contributed by atoms with Gasteiger partial charge in [0.05, 0.1) is 6.54 Å². The van der Waals surface area contributed by atoms with Gasteiger partial charge in [0.15, 0.2) is 5.17 Å². The number of rotatable bonds is 2. The second kappa shape index (κ2) is 5.55. The molecular weight excluding hydrogens is 224 g/mol. The van der Waals surface area contributed by atoms with E-state index in [1.165, 1.54) is 11.8 Å². The van der Waals surface area contributed by atoms with Crippen LogP contribution in [0.4, 0.5) is 4.79 Å². The Balaban J connectivity index is 1.75. The van der Waals surface area contributed by atoms with Gasteiger partial charge in [-0.25, -0.2) is 4.79 Å². The molecule has 1 aromatic rings. The Kier molecular flexibility index (Phi) is 3.82. The molecule has 0 aliphatic carbocycles. The lowest BCUT2D eigenvalue weighted by Gasteiger charge is -2.05. The molecular formula is C11H12N2O2S. The van der Waals surface area contributed by atoms with Crippen LogP contribution < -0.4 is 5.32 Å². The molecule has 1 aromatic carbocycles. The van der Waals surface area contributed by atoms with E-state index < -0.39 is 6.09 Å². The first kappa shape index (κ1) is 11.0. The Bertz CT molecular complexity index is 392. The summed E-state index contributed by atoms with van der Waals surface area (Å²) < 4.78 is 5.05. The van der Waals surface area contributed by atoms with Crippen LogP contribution in [-0.4, -0.2) is 23.6 Å². The van der Waals surface area contributed by atoms with E-state index in [1.54, 1.807) is 0 Å². The van der Waals surface area contributed by atoms with Gasteiger partial charge in [-0.3, -0.25) is 10.3 Å². The number of amides is 1. The van der Waals surface area contributed by atoms with Crippen LogP contribution in [0, 0.1) is 0 Å². The molecule has 1 N–H and O–H groups in total. The number of carbonyl (C=O) groups excluding carboxylic acids is 1. The second-order valence-electron chi connectivity index (χ2n) is 3.22. The van der Waals surface area contributed by atoms with Crippen molar-refractivity contribution >= 4 is 23.0 Å². The van der Waals surface area contributed by atoms with Crippen LogP contribution in [0.1, 0.15) is 5.56 Å². The van der Waals surface area contributed by atoms with Crippen LogP contribution in [-0.2, 0) is 11.3 Å². The molecule has 0 spiro atoms. The molecule has 0 bridgehead atoms. The van der Waals surface area contributed by atoms with Crippen molar-refractivity contribution in [3.63, 3.8) is 0 Å². The Hall–Kier alpha value is -1.49. The third kappa shape index (κ3) is 3.27. The topological polar surface area (TPSA) is 50.7 Å². The van der Waals surface area contributed by atoms with E-state index in [2.05, 4.69) is 10.3 Å². The van der Waals surface area contributed by atoms with Crippen molar-refractivity contribution in [3.8, 4) is 0 Å². The summed E-state index contributed by atoms with van der Waals surface area (Å²) in [6.07, 6.45) is -0.447. The lowest BCUT2D eigenvalue weighted by atomic mass is 10.2. The maximum Gasteiger partial charge on any atom is 0.413 e. The van der Waals surface area contributed by atoms with E-state index in [9.17, 15) is 4.79 Å². The fraction of sp³-hybridized carbons (Fsp3) is 0.273. The van der Waals surface area contributed by atoms with E-state index in [4.69, 9.17) is 4.74 Å². The van der Waals surface area contributed by atoms with Crippen LogP contribution in [0.25, 0.3) is 0 Å². The van der Waals surface area contributed by atoms with Gasteiger partial charge < -0.3 is 4.74 Å². The van der Waals surface area contributed by atoms with Gasteiger partial charge in [0, 0.05) is 5.75 Å². The van der Waals surface area contributed by atoms with Gasteiger partial charge in [0.2, 0.25) is 0 Å². The molecule has 0 radical (unpaired) electrons. The summed E-state index contributed by atoms with van der Waals surface area (Å²) in [5.74, 6) is 0.925. The molecule has 5 heteroatoms. The van der Waals surface area contributed by atoms with Crippen LogP contribution >= 0.6 is 11.8 Å². The number of thioether (sulfide) groups is 1. The smallest absolute Gasteiger partial charge is 0.413 e. The standard InChI is InChI=1S/C11H12N2O2S/c14-11(13-10-12-6-7-16-10)15-8-9-4-2-1-3-5-9/h1-5H,6-8H2,(H,12,13,14). The summed E-state index contributed by atoms with van der Waals surface area (Å²) in [6.45, 7) is 1.05. The van der Waals surface area contributed by atoms with E-state index in [1.807, 2.05) is 30.3 Å². The first-order chi connectivity index (χ1) is 7.84. The Morgan fingerprint density at radius 2 is 2.25 bits per heavy atom. The van der Waals surface area contributed by atoms with Crippen LogP contribution in [0.3, 0.4) is 0 Å². The average Bonchev–Trinajstić information content (AvgIpc) is 2.81. The molecule has 1 aliphatic heterocycles. The zero-order valence-electron chi connectivity index (χ0n) is 8.68. The Labute approximate surface area is 98.1 Å². The highest BCUT2D eigenvalue weighted by molar-refractivity contribution is 8.14. The summed E-state index contributed by atoms with van der Waals surface area (Å²) >= 11 is 1.53. The van der Waals surface area contributed by atoms with Crippen molar-refractivity contribution in [1.82, 2.24) is 5.32 Å². The number of amidine groups is 1. The number of ether oxygens (including phenoxy) is 1. The third-order valence-electron chi connectivity index (χ3n) is 2.01. The highest BCUT2D eigenvalue weighted by atomic mass is 32.2. The summed E-state index contributed by atoms with van der Waals surface area (Å²) in [6, 6.07) is 9.57.